The molecule has 0 radical (unpaired) electrons. The molecule has 3 amide bonds. The van der Waals surface area contributed by atoms with Crippen molar-refractivity contribution in [3.63, 3.8) is 0 Å². The Morgan fingerprint density at radius 3 is 2.30 bits per heavy atom. The molecule has 0 saturated carbocycles. The van der Waals surface area contributed by atoms with Crippen molar-refractivity contribution >= 4 is 40.4 Å². The van der Waals surface area contributed by atoms with E-state index < -0.39 is 23.8 Å². The first kappa shape index (κ1) is 30.4. The van der Waals surface area contributed by atoms with Crippen LogP contribution in [-0.2, 0) is 14.3 Å². The van der Waals surface area contributed by atoms with Crippen molar-refractivity contribution < 1.29 is 19.1 Å². The number of benzene rings is 3. The first-order valence-corrected chi connectivity index (χ1v) is 13.8. The van der Waals surface area contributed by atoms with Gasteiger partial charge in [0.2, 0.25) is 5.91 Å². The SMILES string of the molecule is C=Cc1cccc(C(C(=O)Nc2ccc3ccccc3c2)N(CC)C(=O)C(NC(=O)OC(C)(C)C)C(C)CC)c1. The van der Waals surface area contributed by atoms with Crippen molar-refractivity contribution in [3.05, 3.63) is 84.4 Å². The summed E-state index contributed by atoms with van der Waals surface area (Å²) in [6.45, 7) is 15.1. The molecule has 0 aliphatic rings. The minimum atomic E-state index is -0.948. The van der Waals surface area contributed by atoms with Gasteiger partial charge in [-0.1, -0.05) is 81.5 Å². The Morgan fingerprint density at radius 1 is 0.975 bits per heavy atom. The number of carbonyl (C=O) groups is 3. The molecule has 7 nitrogen and oxygen atoms in total. The second-order valence-electron chi connectivity index (χ2n) is 11.0. The lowest BCUT2D eigenvalue weighted by atomic mass is 9.95. The van der Waals surface area contributed by atoms with Gasteiger partial charge in [-0.3, -0.25) is 9.59 Å². The maximum atomic E-state index is 14.1. The third-order valence-corrected chi connectivity index (χ3v) is 6.81. The first-order valence-electron chi connectivity index (χ1n) is 13.8. The van der Waals surface area contributed by atoms with Gasteiger partial charge in [0.25, 0.3) is 5.91 Å². The van der Waals surface area contributed by atoms with Crippen molar-refractivity contribution in [1.29, 1.82) is 0 Å². The minimum absolute atomic E-state index is 0.197. The molecule has 0 aromatic heterocycles. The lowest BCUT2D eigenvalue weighted by Crippen LogP contribution is -2.54. The molecule has 40 heavy (non-hydrogen) atoms. The summed E-state index contributed by atoms with van der Waals surface area (Å²) in [5.74, 6) is -0.907. The van der Waals surface area contributed by atoms with E-state index in [-0.39, 0.29) is 24.3 Å². The number of nitrogens with one attached hydrogen (secondary N) is 2. The number of fused-ring (bicyclic) bond motifs is 1. The van der Waals surface area contributed by atoms with Crippen LogP contribution in [0, 0.1) is 5.92 Å². The van der Waals surface area contributed by atoms with E-state index >= 15 is 0 Å². The molecule has 0 aliphatic carbocycles. The fourth-order valence-electron chi connectivity index (χ4n) is 4.57. The third kappa shape index (κ3) is 7.72. The number of hydrogen-bond donors (Lipinski definition) is 2. The fraction of sp³-hybridized carbons (Fsp3) is 0.364. The summed E-state index contributed by atoms with van der Waals surface area (Å²) in [6.07, 6.45) is 1.67. The van der Waals surface area contributed by atoms with Crippen LogP contribution in [0.2, 0.25) is 0 Å². The van der Waals surface area contributed by atoms with Crippen molar-refractivity contribution in [1.82, 2.24) is 10.2 Å². The zero-order valence-corrected chi connectivity index (χ0v) is 24.4. The van der Waals surface area contributed by atoms with Crippen LogP contribution in [0.1, 0.15) is 65.1 Å². The molecule has 3 atom stereocenters. The van der Waals surface area contributed by atoms with Crippen LogP contribution in [0.3, 0.4) is 0 Å². The predicted octanol–water partition coefficient (Wildman–Crippen LogP) is 6.95. The number of alkyl carbamates (subject to hydrolysis) is 1. The molecule has 212 valence electrons. The van der Waals surface area contributed by atoms with Gasteiger partial charge >= 0.3 is 6.09 Å². The molecule has 7 heteroatoms. The molecule has 3 unspecified atom stereocenters. The monoisotopic (exact) mass is 543 g/mol. The molecule has 0 heterocycles. The van der Waals surface area contributed by atoms with Crippen LogP contribution >= 0.6 is 0 Å². The molecule has 0 fully saturated rings. The molecule has 0 bridgehead atoms. The summed E-state index contributed by atoms with van der Waals surface area (Å²) in [6, 6.07) is 19.2. The van der Waals surface area contributed by atoms with E-state index in [4.69, 9.17) is 4.74 Å². The number of ether oxygens (including phenoxy) is 1. The Labute approximate surface area is 237 Å². The molecule has 3 rings (SSSR count). The van der Waals surface area contributed by atoms with Gasteiger partial charge in [-0.2, -0.15) is 0 Å². The van der Waals surface area contributed by atoms with Crippen molar-refractivity contribution in [2.45, 2.75) is 65.6 Å². The average molecular weight is 544 g/mol. The second-order valence-corrected chi connectivity index (χ2v) is 11.0. The maximum absolute atomic E-state index is 14.1. The highest BCUT2D eigenvalue weighted by atomic mass is 16.6. The van der Waals surface area contributed by atoms with E-state index in [0.29, 0.717) is 17.7 Å². The Hall–Kier alpha value is -4.13. The summed E-state index contributed by atoms with van der Waals surface area (Å²) < 4.78 is 5.45. The fourth-order valence-corrected chi connectivity index (χ4v) is 4.57. The number of likely N-dealkylation sites (N-methyl/N-ethyl adjacent to an activating group) is 1. The molecule has 3 aromatic carbocycles. The van der Waals surface area contributed by atoms with Crippen LogP contribution in [0.5, 0.6) is 0 Å². The summed E-state index contributed by atoms with van der Waals surface area (Å²) in [5.41, 5.74) is 1.38. The number of nitrogens with zero attached hydrogens (tertiary/aromatic N) is 1. The Balaban J connectivity index is 2.01. The van der Waals surface area contributed by atoms with Crippen LogP contribution in [0.4, 0.5) is 10.5 Å². The van der Waals surface area contributed by atoms with E-state index in [2.05, 4.69) is 17.2 Å². The normalized spacial score (nSPS) is 13.6. The van der Waals surface area contributed by atoms with Crippen molar-refractivity contribution in [2.75, 3.05) is 11.9 Å². The quantitative estimate of drug-likeness (QED) is 0.290. The zero-order valence-electron chi connectivity index (χ0n) is 24.4. The average Bonchev–Trinajstić information content (AvgIpc) is 2.92. The smallest absolute Gasteiger partial charge is 0.408 e. The number of anilines is 1. The van der Waals surface area contributed by atoms with Crippen molar-refractivity contribution in [2.24, 2.45) is 5.92 Å². The van der Waals surface area contributed by atoms with Crippen molar-refractivity contribution in [3.8, 4) is 0 Å². The summed E-state index contributed by atoms with van der Waals surface area (Å²) >= 11 is 0. The highest BCUT2D eigenvalue weighted by Crippen LogP contribution is 2.28. The maximum Gasteiger partial charge on any atom is 0.408 e. The highest BCUT2D eigenvalue weighted by molar-refractivity contribution is 6.00. The number of carbonyl (C=O) groups excluding carboxylic acids is 3. The van der Waals surface area contributed by atoms with Crippen LogP contribution < -0.4 is 10.6 Å². The largest absolute Gasteiger partial charge is 0.444 e. The van der Waals surface area contributed by atoms with E-state index in [0.717, 1.165) is 16.3 Å². The molecular weight excluding hydrogens is 502 g/mol. The summed E-state index contributed by atoms with van der Waals surface area (Å²) in [5, 5.41) is 7.85. The van der Waals surface area contributed by atoms with Gasteiger partial charge in [0.05, 0.1) is 0 Å². The molecule has 3 aromatic rings. The second kappa shape index (κ2) is 13.3. The topological polar surface area (TPSA) is 87.7 Å². The van der Waals surface area contributed by atoms with Gasteiger partial charge in [0.1, 0.15) is 17.7 Å². The third-order valence-electron chi connectivity index (χ3n) is 6.81. The molecular formula is C33H41N3O4. The Kier molecular flexibility index (Phi) is 10.1. The van der Waals surface area contributed by atoms with E-state index in [1.54, 1.807) is 26.8 Å². The number of amides is 3. The lowest BCUT2D eigenvalue weighted by molar-refractivity contribution is -0.141. The van der Waals surface area contributed by atoms with E-state index in [1.165, 1.54) is 4.90 Å². The van der Waals surface area contributed by atoms with Gasteiger partial charge in [-0.25, -0.2) is 4.79 Å². The lowest BCUT2D eigenvalue weighted by Gasteiger charge is -2.35. The van der Waals surface area contributed by atoms with Gasteiger partial charge < -0.3 is 20.3 Å². The number of hydrogen-bond acceptors (Lipinski definition) is 4. The highest BCUT2D eigenvalue weighted by Gasteiger charge is 2.37. The first-order chi connectivity index (χ1) is 19.0. The number of rotatable bonds is 10. The van der Waals surface area contributed by atoms with Crippen LogP contribution in [-0.4, -0.2) is 41.0 Å². The van der Waals surface area contributed by atoms with E-state index in [1.807, 2.05) is 87.5 Å². The Morgan fingerprint density at radius 2 is 1.68 bits per heavy atom. The van der Waals surface area contributed by atoms with Gasteiger partial charge in [-0.15, -0.1) is 0 Å². The predicted molar refractivity (Wildman–Crippen MR) is 162 cm³/mol. The van der Waals surface area contributed by atoms with E-state index in [9.17, 15) is 14.4 Å². The zero-order chi connectivity index (χ0) is 29.4. The van der Waals surface area contributed by atoms with Crippen LogP contribution in [0.25, 0.3) is 16.8 Å². The van der Waals surface area contributed by atoms with Crippen LogP contribution in [0.15, 0.2) is 73.3 Å². The molecule has 0 spiro atoms. The summed E-state index contributed by atoms with van der Waals surface area (Å²) in [4.78, 5) is 42.4. The minimum Gasteiger partial charge on any atom is -0.444 e. The molecule has 0 saturated heterocycles. The molecule has 0 aliphatic heterocycles. The molecule has 2 N–H and O–H groups in total. The van der Waals surface area contributed by atoms with Gasteiger partial charge in [0.15, 0.2) is 0 Å². The Bertz CT molecular complexity index is 1360. The summed E-state index contributed by atoms with van der Waals surface area (Å²) in [7, 11) is 0. The van der Waals surface area contributed by atoms with Gasteiger partial charge in [-0.05, 0) is 73.7 Å². The standard InChI is InChI=1S/C33H41N3O4/c1-8-22(4)28(35-32(39)40-33(5,6)7)31(38)36(10-3)29(26-17-13-14-23(9-2)20-26)30(37)34-27-19-18-24-15-11-12-16-25(24)21-27/h9,11-22,28-29H,2,8,10H2,1,3-7H3,(H,34,37)(H,35,39). The van der Waals surface area contributed by atoms with Gasteiger partial charge in [0, 0.05) is 12.2 Å².